The van der Waals surface area contributed by atoms with Gasteiger partial charge in [0.25, 0.3) is 11.7 Å². The number of hydrogen-bond acceptors (Lipinski definition) is 5. The molecule has 31 heavy (non-hydrogen) atoms. The first kappa shape index (κ1) is 22.5. The summed E-state index contributed by atoms with van der Waals surface area (Å²) in [5.41, 5.74) is 0.298. The molecule has 1 aliphatic heterocycles. The lowest BCUT2D eigenvalue weighted by Crippen LogP contribution is -2.33. The van der Waals surface area contributed by atoms with Crippen LogP contribution < -0.4 is 4.74 Å². The summed E-state index contributed by atoms with van der Waals surface area (Å²) in [6.07, 6.45) is 1.86. The molecule has 0 bridgehead atoms. The normalized spacial score (nSPS) is 17.9. The molecule has 0 radical (unpaired) electrons. The molecule has 7 heteroatoms. The van der Waals surface area contributed by atoms with Crippen LogP contribution in [0.15, 0.2) is 54.1 Å². The number of ketones is 1. The number of likely N-dealkylation sites (tertiary alicyclic amines) is 1. The maximum absolute atomic E-state index is 14.7. The number of aliphatic hydroxyl groups excluding tert-OH is 1. The molecule has 1 aliphatic rings. The van der Waals surface area contributed by atoms with Crippen LogP contribution in [-0.2, 0) is 14.3 Å². The fourth-order valence-electron chi connectivity index (χ4n) is 3.54. The first-order valence-corrected chi connectivity index (χ1v) is 10.2. The molecule has 1 fully saturated rings. The van der Waals surface area contributed by atoms with Gasteiger partial charge < -0.3 is 19.5 Å². The number of ether oxygens (including phenoxy) is 2. The van der Waals surface area contributed by atoms with E-state index in [1.165, 1.54) is 30.2 Å². The highest BCUT2D eigenvalue weighted by Gasteiger charge is 2.46. The minimum atomic E-state index is -1.05. The summed E-state index contributed by atoms with van der Waals surface area (Å²) in [6, 6.07) is 11.5. The van der Waals surface area contributed by atoms with Crippen LogP contribution in [-0.4, -0.2) is 48.6 Å². The van der Waals surface area contributed by atoms with Gasteiger partial charge in [0.15, 0.2) is 0 Å². The number of Topliss-reactive ketones (excluding diaryl/α,β-unsaturated/α-hetero) is 1. The highest BCUT2D eigenvalue weighted by atomic mass is 19.1. The molecular formula is C24H26FNO5. The molecule has 0 aromatic heterocycles. The minimum Gasteiger partial charge on any atom is -0.507 e. The van der Waals surface area contributed by atoms with E-state index in [4.69, 9.17) is 9.47 Å². The van der Waals surface area contributed by atoms with E-state index in [1.54, 1.807) is 30.3 Å². The van der Waals surface area contributed by atoms with Crippen LogP contribution in [0.4, 0.5) is 4.39 Å². The summed E-state index contributed by atoms with van der Waals surface area (Å²) in [7, 11) is 1.47. The molecular weight excluding hydrogens is 401 g/mol. The molecule has 0 aliphatic carbocycles. The van der Waals surface area contributed by atoms with Crippen LogP contribution in [0.25, 0.3) is 5.76 Å². The van der Waals surface area contributed by atoms with Crippen LogP contribution in [0.5, 0.6) is 5.75 Å². The monoisotopic (exact) mass is 427 g/mol. The van der Waals surface area contributed by atoms with Crippen LogP contribution in [0, 0.1) is 5.82 Å². The summed E-state index contributed by atoms with van der Waals surface area (Å²) in [5, 5.41) is 11.0. The molecule has 1 amide bonds. The Balaban J connectivity index is 2.08. The van der Waals surface area contributed by atoms with Crippen molar-refractivity contribution in [3.05, 3.63) is 71.0 Å². The van der Waals surface area contributed by atoms with E-state index in [9.17, 15) is 19.1 Å². The van der Waals surface area contributed by atoms with Crippen molar-refractivity contribution in [1.29, 1.82) is 0 Å². The highest BCUT2D eigenvalue weighted by molar-refractivity contribution is 6.46. The Morgan fingerprint density at radius 3 is 2.61 bits per heavy atom. The summed E-state index contributed by atoms with van der Waals surface area (Å²) in [6.45, 7) is 2.82. The van der Waals surface area contributed by atoms with Crippen molar-refractivity contribution >= 4 is 17.4 Å². The fraction of sp³-hybridized carbons (Fsp3) is 0.333. The molecule has 0 spiro atoms. The SMILES string of the molecule is CCCCOc1cccc(/C(O)=C2\C(=O)C(=O)N(CCOC)C2c2ccccc2F)c1. The van der Waals surface area contributed by atoms with Crippen LogP contribution in [0.3, 0.4) is 0 Å². The average molecular weight is 427 g/mol. The van der Waals surface area contributed by atoms with Gasteiger partial charge in [0.2, 0.25) is 0 Å². The minimum absolute atomic E-state index is 0.0804. The zero-order valence-electron chi connectivity index (χ0n) is 17.6. The number of unbranched alkanes of at least 4 members (excludes halogenated alkanes) is 1. The van der Waals surface area contributed by atoms with Crippen molar-refractivity contribution in [3.8, 4) is 5.75 Å². The van der Waals surface area contributed by atoms with Crippen molar-refractivity contribution < 1.29 is 28.6 Å². The number of hydrogen-bond donors (Lipinski definition) is 1. The van der Waals surface area contributed by atoms with Crippen LogP contribution >= 0.6 is 0 Å². The van der Waals surface area contributed by atoms with E-state index < -0.39 is 23.5 Å². The predicted molar refractivity (Wildman–Crippen MR) is 114 cm³/mol. The highest BCUT2D eigenvalue weighted by Crippen LogP contribution is 2.40. The molecule has 2 aromatic rings. The fourth-order valence-corrected chi connectivity index (χ4v) is 3.54. The van der Waals surface area contributed by atoms with E-state index in [-0.39, 0.29) is 30.0 Å². The zero-order chi connectivity index (χ0) is 22.4. The third-order valence-corrected chi connectivity index (χ3v) is 5.15. The Kier molecular flexibility index (Phi) is 7.41. The Bertz CT molecular complexity index is 987. The predicted octanol–water partition coefficient (Wildman–Crippen LogP) is 4.07. The van der Waals surface area contributed by atoms with E-state index >= 15 is 0 Å². The lowest BCUT2D eigenvalue weighted by atomic mass is 9.95. The number of rotatable bonds is 9. The molecule has 6 nitrogen and oxygen atoms in total. The standard InChI is InChI=1S/C24H26FNO5/c1-3-4-13-31-17-9-7-8-16(15-17)22(27)20-21(18-10-5-6-11-19(18)25)26(12-14-30-2)24(29)23(20)28/h5-11,15,21,27H,3-4,12-14H2,1-2H3/b22-20+. The molecule has 1 heterocycles. The molecule has 2 aromatic carbocycles. The molecule has 164 valence electrons. The van der Waals surface area contributed by atoms with Crippen molar-refractivity contribution in [2.24, 2.45) is 0 Å². The Morgan fingerprint density at radius 1 is 1.13 bits per heavy atom. The number of nitrogens with zero attached hydrogens (tertiary/aromatic N) is 1. The Morgan fingerprint density at radius 2 is 1.90 bits per heavy atom. The number of aliphatic hydroxyl groups is 1. The van der Waals surface area contributed by atoms with Gasteiger partial charge in [-0.05, 0) is 24.6 Å². The van der Waals surface area contributed by atoms with Crippen molar-refractivity contribution in [2.75, 3.05) is 26.9 Å². The lowest BCUT2D eigenvalue weighted by Gasteiger charge is -2.25. The van der Waals surface area contributed by atoms with Gasteiger partial charge in [0.1, 0.15) is 17.3 Å². The van der Waals surface area contributed by atoms with Gasteiger partial charge in [0, 0.05) is 24.8 Å². The Hall–Kier alpha value is -3.19. The molecule has 1 saturated heterocycles. The Labute approximate surface area is 180 Å². The smallest absolute Gasteiger partial charge is 0.295 e. The lowest BCUT2D eigenvalue weighted by molar-refractivity contribution is -0.140. The zero-order valence-corrected chi connectivity index (χ0v) is 17.6. The summed E-state index contributed by atoms with van der Waals surface area (Å²) < 4.78 is 25.4. The van der Waals surface area contributed by atoms with Crippen molar-refractivity contribution in [2.45, 2.75) is 25.8 Å². The number of carbonyl (C=O) groups is 2. The first-order valence-electron chi connectivity index (χ1n) is 10.2. The van der Waals surface area contributed by atoms with Crippen LogP contribution in [0.1, 0.15) is 36.9 Å². The average Bonchev–Trinajstić information content (AvgIpc) is 3.02. The van der Waals surface area contributed by atoms with Crippen molar-refractivity contribution in [1.82, 2.24) is 4.90 Å². The first-order chi connectivity index (χ1) is 15.0. The van der Waals surface area contributed by atoms with Gasteiger partial charge in [-0.3, -0.25) is 9.59 Å². The van der Waals surface area contributed by atoms with Gasteiger partial charge >= 0.3 is 0 Å². The van der Waals surface area contributed by atoms with Crippen molar-refractivity contribution in [3.63, 3.8) is 0 Å². The topological polar surface area (TPSA) is 76.1 Å². The second-order valence-corrected chi connectivity index (χ2v) is 7.24. The second kappa shape index (κ2) is 10.2. The van der Waals surface area contributed by atoms with E-state index in [1.807, 2.05) is 0 Å². The second-order valence-electron chi connectivity index (χ2n) is 7.24. The molecule has 0 saturated carbocycles. The third kappa shape index (κ3) is 4.77. The summed E-state index contributed by atoms with van der Waals surface area (Å²) in [4.78, 5) is 26.8. The summed E-state index contributed by atoms with van der Waals surface area (Å²) >= 11 is 0. The quantitative estimate of drug-likeness (QED) is 0.283. The third-order valence-electron chi connectivity index (χ3n) is 5.15. The molecule has 1 N–H and O–H groups in total. The van der Waals surface area contributed by atoms with Gasteiger partial charge in [-0.1, -0.05) is 43.7 Å². The maximum atomic E-state index is 14.7. The largest absolute Gasteiger partial charge is 0.507 e. The number of halogens is 1. The van der Waals surface area contributed by atoms with E-state index in [2.05, 4.69) is 6.92 Å². The molecule has 1 unspecified atom stereocenters. The number of benzene rings is 2. The summed E-state index contributed by atoms with van der Waals surface area (Å²) in [5.74, 6) is -2.07. The van der Waals surface area contributed by atoms with Gasteiger partial charge in [-0.25, -0.2) is 4.39 Å². The van der Waals surface area contributed by atoms with Gasteiger partial charge in [-0.2, -0.15) is 0 Å². The van der Waals surface area contributed by atoms with Crippen LogP contribution in [0.2, 0.25) is 0 Å². The van der Waals surface area contributed by atoms with Gasteiger partial charge in [0.05, 0.1) is 24.8 Å². The number of amides is 1. The van der Waals surface area contributed by atoms with E-state index in [0.29, 0.717) is 17.9 Å². The van der Waals surface area contributed by atoms with Gasteiger partial charge in [-0.15, -0.1) is 0 Å². The van der Waals surface area contributed by atoms with E-state index in [0.717, 1.165) is 12.8 Å². The molecule has 3 rings (SSSR count). The maximum Gasteiger partial charge on any atom is 0.295 e. The molecule has 1 atom stereocenters. The number of methoxy groups -OCH3 is 1. The number of carbonyl (C=O) groups excluding carboxylic acids is 2.